The van der Waals surface area contributed by atoms with E-state index in [-0.39, 0.29) is 36.3 Å². The number of nitrogens with one attached hydrogen (secondary N) is 4. The summed E-state index contributed by atoms with van der Waals surface area (Å²) in [6, 6.07) is 11.1. The minimum atomic E-state index is -4.70. The average molecular weight is 681 g/mol. The molecule has 11 nitrogen and oxygen atoms in total. The molecule has 4 N–H and O–H groups in total. The lowest BCUT2D eigenvalue weighted by Gasteiger charge is -2.35. The fraction of sp³-hybridized carbons (Fsp3) is 0.486. The van der Waals surface area contributed by atoms with E-state index in [9.17, 15) is 22.8 Å². The van der Waals surface area contributed by atoms with Crippen LogP contribution in [0.25, 0.3) is 0 Å². The first-order valence-electron chi connectivity index (χ1n) is 16.6. The Labute approximate surface area is 284 Å². The van der Waals surface area contributed by atoms with Gasteiger partial charge in [0.1, 0.15) is 17.1 Å². The number of anilines is 5. The van der Waals surface area contributed by atoms with Gasteiger partial charge in [-0.15, -0.1) is 0 Å². The summed E-state index contributed by atoms with van der Waals surface area (Å²) in [4.78, 5) is 38.1. The number of carbonyl (C=O) groups excluding carboxylic acids is 2. The Morgan fingerprint density at radius 1 is 1.08 bits per heavy atom. The van der Waals surface area contributed by atoms with Crippen molar-refractivity contribution in [2.45, 2.75) is 63.7 Å². The van der Waals surface area contributed by atoms with Crippen LogP contribution in [0, 0.1) is 5.92 Å². The monoisotopic (exact) mass is 680 g/mol. The second-order valence-corrected chi connectivity index (χ2v) is 13.6. The number of hydrogen-bond acceptors (Lipinski definition) is 9. The molecule has 0 radical (unpaired) electrons. The normalized spacial score (nSPS) is 18.5. The molecule has 2 saturated heterocycles. The number of halogens is 3. The van der Waals surface area contributed by atoms with E-state index >= 15 is 0 Å². The van der Waals surface area contributed by atoms with Crippen molar-refractivity contribution in [3.8, 4) is 5.75 Å². The number of carbonyl (C=O) groups is 2. The molecule has 49 heavy (non-hydrogen) atoms. The maximum Gasteiger partial charge on any atom is 0.421 e. The maximum atomic E-state index is 14.0. The second kappa shape index (κ2) is 13.7. The van der Waals surface area contributed by atoms with Crippen molar-refractivity contribution in [2.24, 2.45) is 5.92 Å². The number of aromatic nitrogens is 2. The van der Waals surface area contributed by atoms with Gasteiger partial charge >= 0.3 is 6.18 Å². The summed E-state index contributed by atoms with van der Waals surface area (Å²) in [7, 11) is 3.62. The lowest BCUT2D eigenvalue weighted by atomic mass is 9.83. The van der Waals surface area contributed by atoms with E-state index in [1.54, 1.807) is 38.1 Å². The van der Waals surface area contributed by atoms with E-state index in [0.29, 0.717) is 35.8 Å². The van der Waals surface area contributed by atoms with E-state index in [1.807, 2.05) is 12.1 Å². The van der Waals surface area contributed by atoms with Crippen LogP contribution in [-0.4, -0.2) is 73.1 Å². The van der Waals surface area contributed by atoms with Gasteiger partial charge in [0.25, 0.3) is 0 Å². The lowest BCUT2D eigenvalue weighted by Crippen LogP contribution is -2.47. The second-order valence-electron chi connectivity index (χ2n) is 13.6. The first-order valence-corrected chi connectivity index (χ1v) is 16.6. The number of piperidine rings is 2. The smallest absolute Gasteiger partial charge is 0.421 e. The van der Waals surface area contributed by atoms with Crippen LogP contribution in [0.1, 0.15) is 56.2 Å². The fourth-order valence-electron chi connectivity index (χ4n) is 6.92. The van der Waals surface area contributed by atoms with Crippen LogP contribution in [0.15, 0.2) is 42.6 Å². The molecular weight excluding hydrogens is 637 g/mol. The quantitative estimate of drug-likeness (QED) is 0.232. The third kappa shape index (κ3) is 7.38. The molecule has 0 bridgehead atoms. The number of benzene rings is 2. The third-order valence-electron chi connectivity index (χ3n) is 9.86. The highest BCUT2D eigenvalue weighted by Crippen LogP contribution is 2.41. The SMILES string of the molecule is COc1cc(N2CCC(C(=O)NC3CCN(C)CC3)CC2)ccc1Nc1ncc(C(F)(F)F)c(NCc2cccc3c2C(C)(C)C(=O)N3)n1. The van der Waals surface area contributed by atoms with Gasteiger partial charge in [-0.05, 0) is 89.0 Å². The molecule has 262 valence electrons. The number of amides is 2. The summed E-state index contributed by atoms with van der Waals surface area (Å²) in [6.45, 7) is 6.99. The third-order valence-corrected chi connectivity index (χ3v) is 9.86. The molecule has 0 atom stereocenters. The standard InChI is InChI=1S/C35H43F3N8O3/c1-34(2)29-22(6-5-7-27(29)42-32(34)48)19-39-30-25(35(36,37)38)20-40-33(44-30)43-26-9-8-24(18-28(26)49-4)46-16-10-21(11-17-46)31(47)41-23-12-14-45(3)15-13-23/h5-9,18,20-21,23H,10-17,19H2,1-4H3,(H,41,47)(H,42,48)(H2,39,40,43,44). The Morgan fingerprint density at radius 3 is 2.51 bits per heavy atom. The summed E-state index contributed by atoms with van der Waals surface area (Å²) in [5.74, 6) is -0.0248. The highest BCUT2D eigenvalue weighted by Gasteiger charge is 2.40. The number of nitrogens with zero attached hydrogens (tertiary/aromatic N) is 4. The average Bonchev–Trinajstić information content (AvgIpc) is 3.32. The van der Waals surface area contributed by atoms with Gasteiger partial charge in [0.05, 0.1) is 18.2 Å². The molecule has 3 aliphatic rings. The summed E-state index contributed by atoms with van der Waals surface area (Å²) in [6.07, 6.45) is -0.512. The summed E-state index contributed by atoms with van der Waals surface area (Å²) >= 11 is 0. The highest BCUT2D eigenvalue weighted by atomic mass is 19.4. The van der Waals surface area contributed by atoms with Gasteiger partial charge in [-0.2, -0.15) is 18.2 Å². The van der Waals surface area contributed by atoms with Crippen molar-refractivity contribution in [3.63, 3.8) is 0 Å². The van der Waals surface area contributed by atoms with E-state index in [4.69, 9.17) is 4.74 Å². The molecule has 2 aromatic carbocycles. The molecule has 0 aliphatic carbocycles. The molecule has 2 fully saturated rings. The van der Waals surface area contributed by atoms with Gasteiger partial charge in [-0.3, -0.25) is 9.59 Å². The first-order chi connectivity index (χ1) is 23.3. The molecule has 0 spiro atoms. The number of hydrogen-bond donors (Lipinski definition) is 4. The van der Waals surface area contributed by atoms with Crippen LogP contribution < -0.4 is 30.9 Å². The van der Waals surface area contributed by atoms with Gasteiger partial charge in [-0.25, -0.2) is 4.98 Å². The van der Waals surface area contributed by atoms with E-state index in [2.05, 4.69) is 48.1 Å². The number of ether oxygens (including phenoxy) is 1. The number of rotatable bonds is 9. The minimum Gasteiger partial charge on any atom is -0.494 e. The highest BCUT2D eigenvalue weighted by molar-refractivity contribution is 6.06. The summed E-state index contributed by atoms with van der Waals surface area (Å²) in [5.41, 5.74) is 1.61. The molecule has 3 aromatic rings. The van der Waals surface area contributed by atoms with Gasteiger partial charge < -0.3 is 35.8 Å². The van der Waals surface area contributed by atoms with Crippen molar-refractivity contribution in [1.29, 1.82) is 0 Å². The van der Waals surface area contributed by atoms with Crippen LogP contribution in [0.2, 0.25) is 0 Å². The molecule has 0 unspecified atom stereocenters. The van der Waals surface area contributed by atoms with E-state index in [0.717, 1.165) is 56.2 Å². The van der Waals surface area contributed by atoms with Gasteiger partial charge in [0.2, 0.25) is 17.8 Å². The van der Waals surface area contributed by atoms with E-state index < -0.39 is 23.0 Å². The zero-order chi connectivity index (χ0) is 34.9. The topological polar surface area (TPSA) is 124 Å². The summed E-state index contributed by atoms with van der Waals surface area (Å²) < 4.78 is 47.7. The molecule has 4 heterocycles. The Bertz CT molecular complexity index is 1700. The number of likely N-dealkylation sites (tertiary alicyclic amines) is 1. The number of fused-ring (bicyclic) bond motifs is 1. The Hall–Kier alpha value is -4.59. The largest absolute Gasteiger partial charge is 0.494 e. The van der Waals surface area contributed by atoms with Crippen LogP contribution >= 0.6 is 0 Å². The van der Waals surface area contributed by atoms with Crippen LogP contribution in [-0.2, 0) is 27.7 Å². The van der Waals surface area contributed by atoms with Gasteiger partial charge in [0.15, 0.2) is 0 Å². The molecule has 2 amide bonds. The van der Waals surface area contributed by atoms with E-state index in [1.165, 1.54) is 7.11 Å². The Morgan fingerprint density at radius 2 is 1.82 bits per heavy atom. The van der Waals surface area contributed by atoms with Gasteiger partial charge in [-0.1, -0.05) is 12.1 Å². The Balaban J connectivity index is 1.13. The lowest BCUT2D eigenvalue weighted by molar-refractivity contribution is -0.137. The number of alkyl halides is 3. The molecule has 6 rings (SSSR count). The zero-order valence-electron chi connectivity index (χ0n) is 28.2. The van der Waals surface area contributed by atoms with Crippen molar-refractivity contribution >= 4 is 40.6 Å². The molecule has 1 aromatic heterocycles. The maximum absolute atomic E-state index is 14.0. The van der Waals surface area contributed by atoms with Crippen LogP contribution in [0.4, 0.5) is 42.0 Å². The van der Waals surface area contributed by atoms with Crippen LogP contribution in [0.5, 0.6) is 5.75 Å². The first kappa shape index (κ1) is 34.3. The number of methoxy groups -OCH3 is 1. The molecule has 3 aliphatic heterocycles. The molecular formula is C35H43F3N8O3. The fourth-order valence-corrected chi connectivity index (χ4v) is 6.92. The molecule has 14 heteroatoms. The minimum absolute atomic E-state index is 0.00957. The molecule has 0 saturated carbocycles. The predicted octanol–water partition coefficient (Wildman–Crippen LogP) is 5.52. The van der Waals surface area contributed by atoms with Crippen molar-refractivity contribution in [3.05, 3.63) is 59.3 Å². The van der Waals surface area contributed by atoms with Crippen molar-refractivity contribution in [2.75, 3.05) is 61.2 Å². The Kier molecular flexibility index (Phi) is 9.61. The van der Waals surface area contributed by atoms with Gasteiger partial charge in [0, 0.05) is 55.2 Å². The van der Waals surface area contributed by atoms with Crippen molar-refractivity contribution in [1.82, 2.24) is 20.2 Å². The predicted molar refractivity (Wildman–Crippen MR) is 182 cm³/mol. The van der Waals surface area contributed by atoms with Crippen LogP contribution in [0.3, 0.4) is 0 Å². The van der Waals surface area contributed by atoms with Crippen molar-refractivity contribution < 1.29 is 27.5 Å². The summed E-state index contributed by atoms with van der Waals surface area (Å²) in [5, 5.41) is 11.9. The zero-order valence-corrected chi connectivity index (χ0v) is 28.2.